The molecule has 1 heteroatoms. The Morgan fingerprint density at radius 3 is 2.35 bits per heavy atom. The molecular formula is C16H14O. The zero-order valence-corrected chi connectivity index (χ0v) is 10.0. The Hall–Kier alpha value is -2.20. The third-order valence-electron chi connectivity index (χ3n) is 2.55. The lowest BCUT2D eigenvalue weighted by molar-refractivity contribution is 0.414. The van der Waals surface area contributed by atoms with Crippen LogP contribution in [0.15, 0.2) is 48.5 Å². The number of rotatable bonds is 1. The molecule has 0 N–H and O–H groups in total. The van der Waals surface area contributed by atoms with E-state index in [-0.39, 0.29) is 0 Å². The van der Waals surface area contributed by atoms with Crippen molar-refractivity contribution >= 4 is 0 Å². The fourth-order valence-corrected chi connectivity index (χ4v) is 1.56. The number of hydrogen-bond donors (Lipinski definition) is 0. The number of hydrogen-bond acceptors (Lipinski definition) is 1. The molecule has 0 aromatic heterocycles. The van der Waals surface area contributed by atoms with E-state index in [1.165, 1.54) is 0 Å². The van der Waals surface area contributed by atoms with Crippen LogP contribution in [0.5, 0.6) is 5.75 Å². The van der Waals surface area contributed by atoms with Crippen LogP contribution in [-0.2, 0) is 0 Å². The maximum Gasteiger partial charge on any atom is 0.119 e. The third kappa shape index (κ3) is 2.89. The largest absolute Gasteiger partial charge is 0.497 e. The molecule has 0 heterocycles. The Balaban J connectivity index is 2.28. The van der Waals surface area contributed by atoms with Crippen molar-refractivity contribution in [2.24, 2.45) is 0 Å². The highest BCUT2D eigenvalue weighted by molar-refractivity contribution is 5.48. The number of methoxy groups -OCH3 is 1. The van der Waals surface area contributed by atoms with Crippen molar-refractivity contribution in [1.82, 2.24) is 0 Å². The molecular weight excluding hydrogens is 208 g/mol. The summed E-state index contributed by atoms with van der Waals surface area (Å²) in [6, 6.07) is 15.9. The first-order chi connectivity index (χ1) is 8.29. The summed E-state index contributed by atoms with van der Waals surface area (Å²) in [5, 5.41) is 0. The molecule has 0 fully saturated rings. The van der Waals surface area contributed by atoms with E-state index in [9.17, 15) is 0 Å². The number of ether oxygens (including phenoxy) is 1. The van der Waals surface area contributed by atoms with Crippen LogP contribution in [0, 0.1) is 18.8 Å². The minimum absolute atomic E-state index is 0.868. The minimum atomic E-state index is 0.868. The molecule has 2 rings (SSSR count). The molecule has 0 atom stereocenters. The topological polar surface area (TPSA) is 9.23 Å². The van der Waals surface area contributed by atoms with Crippen LogP contribution >= 0.6 is 0 Å². The highest BCUT2D eigenvalue weighted by Gasteiger charge is 1.96. The summed E-state index contributed by atoms with van der Waals surface area (Å²) in [5.74, 6) is 7.19. The second-order valence-electron chi connectivity index (χ2n) is 3.80. The van der Waals surface area contributed by atoms with Gasteiger partial charge in [0.05, 0.1) is 7.11 Å². The van der Waals surface area contributed by atoms with E-state index >= 15 is 0 Å². The lowest BCUT2D eigenvalue weighted by Gasteiger charge is -2.02. The molecule has 0 spiro atoms. The molecule has 0 bridgehead atoms. The Kier molecular flexibility index (Phi) is 3.47. The molecule has 0 radical (unpaired) electrons. The van der Waals surface area contributed by atoms with E-state index in [2.05, 4.69) is 11.8 Å². The second-order valence-corrected chi connectivity index (χ2v) is 3.80. The standard InChI is InChI=1S/C16H14O/c1-13-12-16(17-2)11-10-15(13)9-8-14-6-4-3-5-7-14/h3-7,10-12H,1-2H3. The molecule has 1 nitrogen and oxygen atoms in total. The van der Waals surface area contributed by atoms with Crippen molar-refractivity contribution in [2.45, 2.75) is 6.92 Å². The third-order valence-corrected chi connectivity index (χ3v) is 2.55. The average molecular weight is 222 g/mol. The summed E-state index contributed by atoms with van der Waals surface area (Å²) in [6.45, 7) is 2.04. The highest BCUT2D eigenvalue weighted by Crippen LogP contribution is 2.15. The monoisotopic (exact) mass is 222 g/mol. The van der Waals surface area contributed by atoms with Gasteiger partial charge in [0.1, 0.15) is 5.75 Å². The van der Waals surface area contributed by atoms with Gasteiger partial charge in [-0.15, -0.1) is 0 Å². The molecule has 0 amide bonds. The first-order valence-electron chi connectivity index (χ1n) is 5.51. The first kappa shape index (κ1) is 11.3. The van der Waals surface area contributed by atoms with Gasteiger partial charge in [0.15, 0.2) is 0 Å². The van der Waals surface area contributed by atoms with Crippen molar-refractivity contribution in [1.29, 1.82) is 0 Å². The van der Waals surface area contributed by atoms with Gasteiger partial charge in [-0.25, -0.2) is 0 Å². The van der Waals surface area contributed by atoms with E-state index in [1.54, 1.807) is 7.11 Å². The summed E-state index contributed by atoms with van der Waals surface area (Å²) in [4.78, 5) is 0. The predicted molar refractivity (Wildman–Crippen MR) is 70.2 cm³/mol. The maximum absolute atomic E-state index is 5.16. The fraction of sp³-hybridized carbons (Fsp3) is 0.125. The molecule has 0 unspecified atom stereocenters. The van der Waals surface area contributed by atoms with Crippen molar-refractivity contribution in [3.63, 3.8) is 0 Å². The van der Waals surface area contributed by atoms with Gasteiger partial charge < -0.3 is 4.74 Å². The summed E-state index contributed by atoms with van der Waals surface area (Å²) in [6.07, 6.45) is 0. The molecule has 0 aliphatic rings. The normalized spacial score (nSPS) is 9.29. The zero-order chi connectivity index (χ0) is 12.1. The van der Waals surface area contributed by atoms with Gasteiger partial charge in [0.25, 0.3) is 0 Å². The highest BCUT2D eigenvalue weighted by atomic mass is 16.5. The second kappa shape index (κ2) is 5.23. The Labute approximate surface area is 102 Å². The van der Waals surface area contributed by atoms with Crippen LogP contribution in [-0.4, -0.2) is 7.11 Å². The Bertz CT molecular complexity index is 559. The van der Waals surface area contributed by atoms with E-state index in [0.29, 0.717) is 0 Å². The molecule has 0 saturated carbocycles. The summed E-state index contributed by atoms with van der Waals surface area (Å²) in [7, 11) is 1.67. The van der Waals surface area contributed by atoms with Crippen molar-refractivity contribution in [2.75, 3.05) is 7.11 Å². The van der Waals surface area contributed by atoms with Gasteiger partial charge in [-0.1, -0.05) is 30.0 Å². The van der Waals surface area contributed by atoms with Crippen LogP contribution < -0.4 is 4.74 Å². The van der Waals surface area contributed by atoms with Gasteiger partial charge in [-0.3, -0.25) is 0 Å². The van der Waals surface area contributed by atoms with Gasteiger partial charge in [0, 0.05) is 11.1 Å². The van der Waals surface area contributed by atoms with Gasteiger partial charge in [0.2, 0.25) is 0 Å². The molecule has 0 aliphatic carbocycles. The molecule has 84 valence electrons. The predicted octanol–water partition coefficient (Wildman–Crippen LogP) is 3.40. The molecule has 17 heavy (non-hydrogen) atoms. The van der Waals surface area contributed by atoms with Gasteiger partial charge in [-0.05, 0) is 42.8 Å². The SMILES string of the molecule is COc1ccc(C#Cc2ccccc2)c(C)c1. The summed E-state index contributed by atoms with van der Waals surface area (Å²) < 4.78 is 5.16. The first-order valence-corrected chi connectivity index (χ1v) is 5.51. The Morgan fingerprint density at radius 1 is 0.941 bits per heavy atom. The molecule has 0 saturated heterocycles. The molecule has 2 aromatic carbocycles. The van der Waals surface area contributed by atoms with E-state index in [4.69, 9.17) is 4.74 Å². The quantitative estimate of drug-likeness (QED) is 0.672. The number of benzene rings is 2. The van der Waals surface area contributed by atoms with Crippen LogP contribution in [0.3, 0.4) is 0 Å². The summed E-state index contributed by atoms with van der Waals surface area (Å²) >= 11 is 0. The fourth-order valence-electron chi connectivity index (χ4n) is 1.56. The van der Waals surface area contributed by atoms with Crippen LogP contribution in [0.1, 0.15) is 16.7 Å². The molecule has 0 aliphatic heterocycles. The lowest BCUT2D eigenvalue weighted by Crippen LogP contribution is -1.86. The minimum Gasteiger partial charge on any atom is -0.497 e. The van der Waals surface area contributed by atoms with E-state index < -0.39 is 0 Å². The average Bonchev–Trinajstić information content (AvgIpc) is 2.38. The molecule has 2 aromatic rings. The van der Waals surface area contributed by atoms with Crippen molar-refractivity contribution in [3.8, 4) is 17.6 Å². The van der Waals surface area contributed by atoms with Gasteiger partial charge in [-0.2, -0.15) is 0 Å². The zero-order valence-electron chi connectivity index (χ0n) is 10.0. The number of aryl methyl sites for hydroxylation is 1. The smallest absolute Gasteiger partial charge is 0.119 e. The van der Waals surface area contributed by atoms with Gasteiger partial charge >= 0.3 is 0 Å². The lowest BCUT2D eigenvalue weighted by atomic mass is 10.1. The van der Waals surface area contributed by atoms with Crippen LogP contribution in [0.4, 0.5) is 0 Å². The van der Waals surface area contributed by atoms with E-state index in [0.717, 1.165) is 22.4 Å². The van der Waals surface area contributed by atoms with Crippen LogP contribution in [0.25, 0.3) is 0 Å². The van der Waals surface area contributed by atoms with Crippen molar-refractivity contribution < 1.29 is 4.74 Å². The van der Waals surface area contributed by atoms with Crippen LogP contribution in [0.2, 0.25) is 0 Å². The Morgan fingerprint density at radius 2 is 1.71 bits per heavy atom. The maximum atomic E-state index is 5.16. The van der Waals surface area contributed by atoms with E-state index in [1.807, 2.05) is 55.5 Å². The van der Waals surface area contributed by atoms with Crippen molar-refractivity contribution in [3.05, 3.63) is 65.2 Å². The summed E-state index contributed by atoms with van der Waals surface area (Å²) in [5.41, 5.74) is 3.20.